The number of carbonyl (C=O) groups excluding carboxylic acids is 4. The highest BCUT2D eigenvalue weighted by Crippen LogP contribution is 2.54. The number of hydrogen-bond acceptors (Lipinski definition) is 8. The summed E-state index contributed by atoms with van der Waals surface area (Å²) in [7, 11) is 1.29. The summed E-state index contributed by atoms with van der Waals surface area (Å²) in [5.74, 6) is -2.24. The zero-order valence-corrected chi connectivity index (χ0v) is 20.5. The van der Waals surface area contributed by atoms with Crippen LogP contribution in [0.1, 0.15) is 54.9 Å². The van der Waals surface area contributed by atoms with E-state index >= 15 is 0 Å². The van der Waals surface area contributed by atoms with Gasteiger partial charge in [0.05, 0.1) is 25.7 Å². The van der Waals surface area contributed by atoms with E-state index in [1.54, 1.807) is 31.2 Å². The Morgan fingerprint density at radius 3 is 2.00 bits per heavy atom. The lowest BCUT2D eigenvalue weighted by molar-refractivity contribution is -0.172. The number of hydrogen-bond donors (Lipinski definition) is 0. The van der Waals surface area contributed by atoms with E-state index in [-0.39, 0.29) is 43.9 Å². The van der Waals surface area contributed by atoms with Gasteiger partial charge in [0.15, 0.2) is 5.41 Å². The lowest BCUT2D eigenvalue weighted by atomic mass is 9.74. The van der Waals surface area contributed by atoms with Crippen molar-refractivity contribution < 1.29 is 38.1 Å². The summed E-state index contributed by atoms with van der Waals surface area (Å²) >= 11 is 0. The summed E-state index contributed by atoms with van der Waals surface area (Å²) in [6.07, 6.45) is 5.25. The highest BCUT2D eigenvalue weighted by atomic mass is 16.6. The van der Waals surface area contributed by atoms with Gasteiger partial charge in [-0.1, -0.05) is 37.4 Å². The smallest absolute Gasteiger partial charge is 0.337 e. The van der Waals surface area contributed by atoms with Gasteiger partial charge in [0.2, 0.25) is 0 Å². The van der Waals surface area contributed by atoms with Crippen LogP contribution in [0, 0.1) is 10.8 Å². The summed E-state index contributed by atoms with van der Waals surface area (Å²) in [4.78, 5) is 50.6. The molecule has 1 saturated carbocycles. The standard InChI is InChI=1S/C27H34O8/c1-5-16-34-24(30)27(25(31)35-17-6-2,15-14-26(12-13-26)19-22(28)33-7-3)18-20-8-10-21(11-9-20)23(29)32-4/h5-6,8-11H,1-2,7,12-19H2,3-4H3. The zero-order chi connectivity index (χ0) is 25.9. The summed E-state index contributed by atoms with van der Waals surface area (Å²) in [5.41, 5.74) is -0.983. The van der Waals surface area contributed by atoms with Crippen LogP contribution in [0.15, 0.2) is 49.6 Å². The average molecular weight is 487 g/mol. The van der Waals surface area contributed by atoms with Crippen LogP contribution >= 0.6 is 0 Å². The Morgan fingerprint density at radius 2 is 1.54 bits per heavy atom. The van der Waals surface area contributed by atoms with E-state index in [4.69, 9.17) is 18.9 Å². The number of benzene rings is 1. The van der Waals surface area contributed by atoms with E-state index in [2.05, 4.69) is 13.2 Å². The number of rotatable bonds is 15. The fourth-order valence-electron chi connectivity index (χ4n) is 3.98. The maximum Gasteiger partial charge on any atom is 0.337 e. The van der Waals surface area contributed by atoms with E-state index in [1.165, 1.54) is 19.3 Å². The maximum atomic E-state index is 13.4. The molecule has 0 radical (unpaired) electrons. The van der Waals surface area contributed by atoms with Gasteiger partial charge in [-0.2, -0.15) is 0 Å². The van der Waals surface area contributed by atoms with Crippen LogP contribution in [0.2, 0.25) is 0 Å². The third-order valence-electron chi connectivity index (χ3n) is 6.19. The first kappa shape index (κ1) is 27.8. The van der Waals surface area contributed by atoms with Gasteiger partial charge in [-0.25, -0.2) is 4.79 Å². The summed E-state index contributed by atoms with van der Waals surface area (Å²) in [6, 6.07) is 6.46. The summed E-state index contributed by atoms with van der Waals surface area (Å²) < 4.78 is 20.6. The minimum atomic E-state index is -1.65. The number of carbonyl (C=O) groups is 4. The molecule has 0 saturated heterocycles. The molecular formula is C27H34O8. The van der Waals surface area contributed by atoms with Crippen molar-refractivity contribution in [3.05, 3.63) is 60.7 Å². The number of esters is 4. The Balaban J connectivity index is 2.38. The van der Waals surface area contributed by atoms with Gasteiger partial charge < -0.3 is 18.9 Å². The molecule has 2 rings (SSSR count). The van der Waals surface area contributed by atoms with Crippen molar-refractivity contribution in [1.82, 2.24) is 0 Å². The first-order valence-electron chi connectivity index (χ1n) is 11.6. The molecule has 0 N–H and O–H groups in total. The predicted molar refractivity (Wildman–Crippen MR) is 128 cm³/mol. The Bertz CT molecular complexity index is 903. The fourth-order valence-corrected chi connectivity index (χ4v) is 3.98. The van der Waals surface area contributed by atoms with E-state index < -0.39 is 23.3 Å². The van der Waals surface area contributed by atoms with Crippen molar-refractivity contribution >= 4 is 23.9 Å². The molecule has 0 unspecified atom stereocenters. The molecule has 8 heteroatoms. The maximum absolute atomic E-state index is 13.4. The van der Waals surface area contributed by atoms with Crippen LogP contribution < -0.4 is 0 Å². The molecule has 0 aromatic heterocycles. The van der Waals surface area contributed by atoms with Gasteiger partial charge in [-0.3, -0.25) is 14.4 Å². The van der Waals surface area contributed by atoms with Crippen LogP contribution in [0.4, 0.5) is 0 Å². The van der Waals surface area contributed by atoms with Crippen LogP contribution in [-0.2, 0) is 39.8 Å². The number of methoxy groups -OCH3 is 1. The van der Waals surface area contributed by atoms with Gasteiger partial charge in [0.1, 0.15) is 13.2 Å². The molecule has 1 aromatic rings. The second-order valence-corrected chi connectivity index (χ2v) is 8.70. The molecule has 190 valence electrons. The highest BCUT2D eigenvalue weighted by molar-refractivity contribution is 6.00. The molecule has 8 nitrogen and oxygen atoms in total. The predicted octanol–water partition coefficient (Wildman–Crippen LogP) is 3.97. The minimum Gasteiger partial charge on any atom is -0.466 e. The normalized spacial score (nSPS) is 13.8. The summed E-state index contributed by atoms with van der Waals surface area (Å²) in [5, 5.41) is 0. The lowest BCUT2D eigenvalue weighted by Crippen LogP contribution is -2.44. The van der Waals surface area contributed by atoms with Crippen LogP contribution in [0.3, 0.4) is 0 Å². The molecule has 1 fully saturated rings. The monoisotopic (exact) mass is 486 g/mol. The summed E-state index contributed by atoms with van der Waals surface area (Å²) in [6.45, 7) is 9.06. The first-order valence-corrected chi connectivity index (χ1v) is 11.6. The molecule has 35 heavy (non-hydrogen) atoms. The molecule has 1 aliphatic rings. The van der Waals surface area contributed by atoms with Crippen molar-refractivity contribution in [2.24, 2.45) is 10.8 Å². The van der Waals surface area contributed by atoms with Crippen molar-refractivity contribution in [2.75, 3.05) is 26.9 Å². The second kappa shape index (κ2) is 12.9. The van der Waals surface area contributed by atoms with Crippen LogP contribution in [0.5, 0.6) is 0 Å². The van der Waals surface area contributed by atoms with E-state index in [1.807, 2.05) is 0 Å². The Kier molecular flexibility index (Phi) is 10.2. The third-order valence-corrected chi connectivity index (χ3v) is 6.19. The lowest BCUT2D eigenvalue weighted by Gasteiger charge is -2.31. The molecule has 0 spiro atoms. The van der Waals surface area contributed by atoms with Crippen LogP contribution in [-0.4, -0.2) is 50.8 Å². The second-order valence-electron chi connectivity index (χ2n) is 8.70. The topological polar surface area (TPSA) is 105 Å². The molecule has 0 amide bonds. The molecule has 0 atom stereocenters. The fraction of sp³-hybridized carbons (Fsp3) is 0.481. The van der Waals surface area contributed by atoms with Gasteiger partial charge in [-0.05, 0) is 62.1 Å². The van der Waals surface area contributed by atoms with Gasteiger partial charge in [0, 0.05) is 0 Å². The van der Waals surface area contributed by atoms with Crippen molar-refractivity contribution in [2.45, 2.75) is 45.4 Å². The molecule has 0 bridgehead atoms. The van der Waals surface area contributed by atoms with E-state index in [9.17, 15) is 19.2 Å². The number of ether oxygens (including phenoxy) is 4. The Hall–Kier alpha value is -3.42. The molecule has 1 aromatic carbocycles. The zero-order valence-electron chi connectivity index (χ0n) is 20.5. The Labute approximate surface area is 206 Å². The van der Waals surface area contributed by atoms with E-state index in [0.717, 1.165) is 12.8 Å². The van der Waals surface area contributed by atoms with Crippen molar-refractivity contribution in [3.63, 3.8) is 0 Å². The minimum absolute atomic E-state index is 0.00408. The van der Waals surface area contributed by atoms with Crippen LogP contribution in [0.25, 0.3) is 0 Å². The molecule has 0 aliphatic heterocycles. The SMILES string of the molecule is C=CCOC(=O)C(CCC1(CC(=O)OCC)CC1)(Cc1ccc(C(=O)OC)cc1)C(=O)OCC=C. The first-order chi connectivity index (χ1) is 16.8. The van der Waals surface area contributed by atoms with Crippen molar-refractivity contribution in [1.29, 1.82) is 0 Å². The highest BCUT2D eigenvalue weighted by Gasteiger charge is 2.53. The third kappa shape index (κ3) is 7.53. The van der Waals surface area contributed by atoms with Gasteiger partial charge in [-0.15, -0.1) is 0 Å². The molecular weight excluding hydrogens is 452 g/mol. The van der Waals surface area contributed by atoms with Gasteiger partial charge >= 0.3 is 23.9 Å². The average Bonchev–Trinajstić information content (AvgIpc) is 3.62. The quantitative estimate of drug-likeness (QED) is 0.159. The van der Waals surface area contributed by atoms with E-state index in [0.29, 0.717) is 24.2 Å². The van der Waals surface area contributed by atoms with Crippen molar-refractivity contribution in [3.8, 4) is 0 Å². The molecule has 1 aliphatic carbocycles. The molecule has 0 heterocycles. The largest absolute Gasteiger partial charge is 0.466 e. The van der Waals surface area contributed by atoms with Gasteiger partial charge in [0.25, 0.3) is 0 Å². The Morgan fingerprint density at radius 1 is 0.971 bits per heavy atom.